The van der Waals surface area contributed by atoms with E-state index in [0.29, 0.717) is 22.2 Å². The zero-order valence-electron chi connectivity index (χ0n) is 14.7. The van der Waals surface area contributed by atoms with Crippen molar-refractivity contribution in [3.05, 3.63) is 54.6 Å². The summed E-state index contributed by atoms with van der Waals surface area (Å²) in [5.41, 5.74) is 0.871. The SMILES string of the molecule is COc1cccc(Nc2nnc(SCCCS(=O)(=O)c3ccccc3)s2)c1. The van der Waals surface area contributed by atoms with Crippen molar-refractivity contribution >= 4 is 43.8 Å². The number of rotatable bonds is 9. The first kappa shape index (κ1) is 19.7. The molecule has 0 amide bonds. The van der Waals surface area contributed by atoms with E-state index in [1.54, 1.807) is 31.4 Å². The molecule has 1 N–H and O–H groups in total. The number of ether oxygens (including phenoxy) is 1. The van der Waals surface area contributed by atoms with Gasteiger partial charge in [0, 0.05) is 17.5 Å². The number of sulfone groups is 1. The highest BCUT2D eigenvalue weighted by molar-refractivity contribution is 8.01. The van der Waals surface area contributed by atoms with Crippen LogP contribution in [0.1, 0.15) is 6.42 Å². The molecule has 0 atom stereocenters. The Balaban J connectivity index is 1.48. The number of aromatic nitrogens is 2. The van der Waals surface area contributed by atoms with Gasteiger partial charge in [0.05, 0.1) is 17.8 Å². The minimum absolute atomic E-state index is 0.123. The van der Waals surface area contributed by atoms with Crippen LogP contribution in [0.4, 0.5) is 10.8 Å². The Kier molecular flexibility index (Phi) is 6.70. The van der Waals surface area contributed by atoms with Gasteiger partial charge in [-0.2, -0.15) is 0 Å². The lowest BCUT2D eigenvalue weighted by Gasteiger charge is -2.04. The van der Waals surface area contributed by atoms with Gasteiger partial charge < -0.3 is 10.1 Å². The largest absolute Gasteiger partial charge is 0.497 e. The molecule has 1 aromatic heterocycles. The van der Waals surface area contributed by atoms with Gasteiger partial charge in [-0.15, -0.1) is 10.2 Å². The number of nitrogens with one attached hydrogen (secondary N) is 1. The van der Waals surface area contributed by atoms with Gasteiger partial charge in [0.2, 0.25) is 5.13 Å². The molecule has 0 fully saturated rings. The van der Waals surface area contributed by atoms with Crippen molar-refractivity contribution in [1.82, 2.24) is 10.2 Å². The molecular formula is C18H19N3O3S3. The second-order valence-corrected chi connectivity index (χ2v) is 9.99. The van der Waals surface area contributed by atoms with Crippen LogP contribution in [0.2, 0.25) is 0 Å². The summed E-state index contributed by atoms with van der Waals surface area (Å²) in [6.07, 6.45) is 0.556. The number of hydrogen-bond acceptors (Lipinski definition) is 8. The zero-order chi connectivity index (χ0) is 19.1. The molecule has 0 saturated carbocycles. The van der Waals surface area contributed by atoms with Crippen LogP contribution in [0.25, 0.3) is 0 Å². The van der Waals surface area contributed by atoms with Crippen LogP contribution in [-0.2, 0) is 9.84 Å². The third kappa shape index (κ3) is 5.69. The molecule has 142 valence electrons. The molecule has 0 radical (unpaired) electrons. The number of methoxy groups -OCH3 is 1. The van der Waals surface area contributed by atoms with Crippen molar-refractivity contribution in [1.29, 1.82) is 0 Å². The first-order valence-electron chi connectivity index (χ1n) is 8.22. The van der Waals surface area contributed by atoms with Crippen molar-refractivity contribution in [2.75, 3.05) is 23.9 Å². The molecule has 0 aliphatic heterocycles. The maximum atomic E-state index is 12.2. The summed E-state index contributed by atoms with van der Waals surface area (Å²) >= 11 is 2.95. The van der Waals surface area contributed by atoms with Gasteiger partial charge in [0.25, 0.3) is 0 Å². The third-order valence-corrected chi connectivity index (χ3v) is 7.49. The first-order chi connectivity index (χ1) is 13.1. The number of benzene rings is 2. The maximum absolute atomic E-state index is 12.2. The fraction of sp³-hybridized carbons (Fsp3) is 0.222. The Morgan fingerprint density at radius 3 is 2.70 bits per heavy atom. The van der Waals surface area contributed by atoms with E-state index in [0.717, 1.165) is 15.8 Å². The van der Waals surface area contributed by atoms with Gasteiger partial charge in [-0.1, -0.05) is 47.4 Å². The highest BCUT2D eigenvalue weighted by atomic mass is 32.2. The van der Waals surface area contributed by atoms with Crippen LogP contribution in [-0.4, -0.2) is 37.2 Å². The Labute approximate surface area is 166 Å². The monoisotopic (exact) mass is 421 g/mol. The number of anilines is 2. The predicted molar refractivity (Wildman–Crippen MR) is 110 cm³/mol. The van der Waals surface area contributed by atoms with E-state index in [9.17, 15) is 8.42 Å². The van der Waals surface area contributed by atoms with Gasteiger partial charge in [0.1, 0.15) is 5.75 Å². The maximum Gasteiger partial charge on any atom is 0.210 e. The summed E-state index contributed by atoms with van der Waals surface area (Å²) in [6, 6.07) is 16.1. The molecule has 2 aromatic carbocycles. The summed E-state index contributed by atoms with van der Waals surface area (Å²) in [5, 5.41) is 12.1. The lowest BCUT2D eigenvalue weighted by atomic mass is 10.3. The lowest BCUT2D eigenvalue weighted by molar-refractivity contribution is 0.415. The molecule has 3 aromatic rings. The van der Waals surface area contributed by atoms with E-state index in [4.69, 9.17) is 4.74 Å². The standard InChI is InChI=1S/C18H19N3O3S3/c1-24-15-8-5-7-14(13-15)19-17-20-21-18(26-17)25-11-6-12-27(22,23)16-9-3-2-4-10-16/h2-5,7-10,13H,6,11-12H2,1H3,(H,19,20). The summed E-state index contributed by atoms with van der Waals surface area (Å²) < 4.78 is 30.5. The van der Waals surface area contributed by atoms with Crippen molar-refractivity contribution < 1.29 is 13.2 Å². The van der Waals surface area contributed by atoms with E-state index >= 15 is 0 Å². The number of thioether (sulfide) groups is 1. The fourth-order valence-corrected chi connectivity index (χ4v) is 5.59. The third-order valence-electron chi connectivity index (χ3n) is 3.61. The van der Waals surface area contributed by atoms with E-state index < -0.39 is 9.84 Å². The Morgan fingerprint density at radius 1 is 1.11 bits per heavy atom. The quantitative estimate of drug-likeness (QED) is 0.409. The Morgan fingerprint density at radius 2 is 1.93 bits per heavy atom. The molecule has 6 nitrogen and oxygen atoms in total. The van der Waals surface area contributed by atoms with Crippen molar-refractivity contribution in [2.24, 2.45) is 0 Å². The summed E-state index contributed by atoms with van der Waals surface area (Å²) in [6.45, 7) is 0. The minimum atomic E-state index is -3.23. The van der Waals surface area contributed by atoms with Crippen molar-refractivity contribution in [2.45, 2.75) is 15.7 Å². The molecule has 1 heterocycles. The molecule has 0 saturated heterocycles. The highest BCUT2D eigenvalue weighted by Crippen LogP contribution is 2.29. The van der Waals surface area contributed by atoms with Crippen LogP contribution in [0, 0.1) is 0 Å². The number of hydrogen-bond donors (Lipinski definition) is 1. The van der Waals surface area contributed by atoms with Gasteiger partial charge in [0.15, 0.2) is 14.2 Å². The summed E-state index contributed by atoms with van der Waals surface area (Å²) in [4.78, 5) is 0.371. The molecule has 0 unspecified atom stereocenters. The van der Waals surface area contributed by atoms with Crippen molar-refractivity contribution in [3.63, 3.8) is 0 Å². The molecule has 0 spiro atoms. The predicted octanol–water partition coefficient (Wildman–Crippen LogP) is 4.25. The van der Waals surface area contributed by atoms with Crippen LogP contribution in [0.15, 0.2) is 63.8 Å². The first-order valence-corrected chi connectivity index (χ1v) is 11.7. The van der Waals surface area contributed by atoms with E-state index in [-0.39, 0.29) is 5.75 Å². The smallest absolute Gasteiger partial charge is 0.210 e. The van der Waals surface area contributed by atoms with Crippen LogP contribution < -0.4 is 10.1 Å². The van der Waals surface area contributed by atoms with E-state index in [2.05, 4.69) is 15.5 Å². The second-order valence-electron chi connectivity index (χ2n) is 5.56. The second kappa shape index (κ2) is 9.20. The molecule has 0 bridgehead atoms. The average Bonchev–Trinajstić information content (AvgIpc) is 3.13. The van der Waals surface area contributed by atoms with E-state index in [1.807, 2.05) is 30.3 Å². The van der Waals surface area contributed by atoms with Gasteiger partial charge in [-0.05, 0) is 30.7 Å². The van der Waals surface area contributed by atoms with Gasteiger partial charge >= 0.3 is 0 Å². The lowest BCUT2D eigenvalue weighted by Crippen LogP contribution is -2.07. The van der Waals surface area contributed by atoms with Gasteiger partial charge in [-0.25, -0.2) is 8.42 Å². The zero-order valence-corrected chi connectivity index (χ0v) is 17.1. The minimum Gasteiger partial charge on any atom is -0.497 e. The molecule has 3 rings (SSSR count). The van der Waals surface area contributed by atoms with Crippen LogP contribution >= 0.6 is 23.1 Å². The summed E-state index contributed by atoms with van der Waals surface area (Å²) in [7, 11) is -1.61. The average molecular weight is 422 g/mol. The molecule has 9 heteroatoms. The van der Waals surface area contributed by atoms with Gasteiger partial charge in [-0.3, -0.25) is 0 Å². The molecular weight excluding hydrogens is 402 g/mol. The topological polar surface area (TPSA) is 81.2 Å². The molecule has 0 aliphatic rings. The molecule has 27 heavy (non-hydrogen) atoms. The van der Waals surface area contributed by atoms with Crippen LogP contribution in [0.5, 0.6) is 5.75 Å². The number of nitrogens with zero attached hydrogens (tertiary/aromatic N) is 2. The Bertz CT molecular complexity index is 976. The van der Waals surface area contributed by atoms with Crippen molar-refractivity contribution in [3.8, 4) is 5.75 Å². The van der Waals surface area contributed by atoms with E-state index in [1.165, 1.54) is 23.1 Å². The normalized spacial score (nSPS) is 11.3. The summed E-state index contributed by atoms with van der Waals surface area (Å²) in [5.74, 6) is 1.55. The Hall–Kier alpha value is -2.10. The highest BCUT2D eigenvalue weighted by Gasteiger charge is 2.13. The van der Waals surface area contributed by atoms with Crippen LogP contribution in [0.3, 0.4) is 0 Å². The fourth-order valence-electron chi connectivity index (χ4n) is 2.30. The molecule has 0 aliphatic carbocycles.